The van der Waals surface area contributed by atoms with E-state index in [0.29, 0.717) is 54.0 Å². The molecule has 3 aromatic carbocycles. The van der Waals surface area contributed by atoms with Crippen molar-refractivity contribution in [2.75, 3.05) is 37.7 Å². The number of anilines is 1. The molecule has 1 saturated heterocycles. The molecule has 0 saturated carbocycles. The van der Waals surface area contributed by atoms with Crippen molar-refractivity contribution >= 4 is 51.7 Å². The summed E-state index contributed by atoms with van der Waals surface area (Å²) in [7, 11) is 0. The number of ether oxygens (including phenoxy) is 1. The molecule has 2 heterocycles. The van der Waals surface area contributed by atoms with Gasteiger partial charge >= 0.3 is 5.97 Å². The number of amides is 1. The first kappa shape index (κ1) is 32.7. The number of piperazine rings is 1. The summed E-state index contributed by atoms with van der Waals surface area (Å²) < 4.78 is 7.00. The van der Waals surface area contributed by atoms with E-state index in [9.17, 15) is 14.4 Å². The number of benzene rings is 3. The number of pyridine rings is 1. The lowest BCUT2D eigenvalue weighted by Crippen LogP contribution is -2.49. The van der Waals surface area contributed by atoms with Crippen LogP contribution in [-0.2, 0) is 11.3 Å². The fourth-order valence-electron chi connectivity index (χ4n) is 4.97. The third-order valence-electron chi connectivity index (χ3n) is 6.86. The number of carbonyl (C=O) groups is 2. The first-order chi connectivity index (χ1) is 19.9. The maximum Gasteiger partial charge on any atom is 0.345 e. The summed E-state index contributed by atoms with van der Waals surface area (Å²) in [4.78, 5) is 44.0. The number of carbonyl (C=O) groups excluding carboxylic acids is 2. The zero-order chi connectivity index (χ0) is 29.5. The second-order valence-electron chi connectivity index (χ2n) is 9.25. The number of aromatic nitrogens is 1. The molecule has 5 rings (SSSR count). The van der Waals surface area contributed by atoms with E-state index in [1.165, 1.54) is 0 Å². The lowest BCUT2D eigenvalue weighted by atomic mass is 10.0. The Kier molecular flexibility index (Phi) is 11.6. The van der Waals surface area contributed by atoms with E-state index >= 15 is 0 Å². The number of fused-ring (bicyclic) bond motifs is 1. The Labute approximate surface area is 256 Å². The van der Waals surface area contributed by atoms with Crippen LogP contribution < -0.4 is 16.6 Å². The summed E-state index contributed by atoms with van der Waals surface area (Å²) in [5.41, 5.74) is 2.28. The molecule has 1 fully saturated rings. The summed E-state index contributed by atoms with van der Waals surface area (Å²) in [6, 6.07) is 22.1. The summed E-state index contributed by atoms with van der Waals surface area (Å²) >= 11 is 12.1. The number of hydrogen-bond acceptors (Lipinski definition) is 6. The molecule has 4 aromatic rings. The van der Waals surface area contributed by atoms with Crippen LogP contribution in [0.15, 0.2) is 77.6 Å². The third kappa shape index (κ3) is 6.78. The number of esters is 1. The highest BCUT2D eigenvalue weighted by Crippen LogP contribution is 2.31. The Morgan fingerprint density at radius 3 is 2.14 bits per heavy atom. The van der Waals surface area contributed by atoms with Crippen LogP contribution in [0.25, 0.3) is 10.9 Å². The van der Waals surface area contributed by atoms with Crippen molar-refractivity contribution in [3.05, 3.63) is 110 Å². The van der Waals surface area contributed by atoms with Gasteiger partial charge < -0.3 is 25.3 Å². The minimum absolute atomic E-state index is 0. The molecule has 1 amide bonds. The van der Waals surface area contributed by atoms with Crippen LogP contribution >= 0.6 is 23.2 Å². The molecule has 8 nitrogen and oxygen atoms in total. The van der Waals surface area contributed by atoms with E-state index in [-0.39, 0.29) is 24.2 Å². The molecule has 1 aliphatic rings. The molecule has 0 atom stereocenters. The second-order valence-corrected chi connectivity index (χ2v) is 10.1. The molecule has 0 radical (unpaired) electrons. The Bertz CT molecular complexity index is 1600. The van der Waals surface area contributed by atoms with Gasteiger partial charge in [-0.3, -0.25) is 9.59 Å². The predicted molar refractivity (Wildman–Crippen MR) is 171 cm³/mol. The van der Waals surface area contributed by atoms with Crippen molar-refractivity contribution in [1.29, 1.82) is 0 Å². The van der Waals surface area contributed by atoms with Crippen molar-refractivity contribution in [2.45, 2.75) is 27.3 Å². The molecule has 3 N–H and O–H groups in total. The van der Waals surface area contributed by atoms with Gasteiger partial charge in [-0.25, -0.2) is 4.79 Å². The SMILES string of the molecule is CC.CCOC(=O)c1c(N2CCN(C(=O)c3ccc(Cl)c(Cl)c3)CC2)c2ccccc2n(Cc2ccccc2)c1=O.N. The molecule has 42 heavy (non-hydrogen) atoms. The molecule has 0 aliphatic carbocycles. The van der Waals surface area contributed by atoms with Crippen LogP contribution in [-0.4, -0.2) is 54.1 Å². The number of nitrogens with zero attached hydrogens (tertiary/aromatic N) is 3. The van der Waals surface area contributed by atoms with E-state index < -0.39 is 11.5 Å². The van der Waals surface area contributed by atoms with E-state index in [1.807, 2.05) is 73.3 Å². The Morgan fingerprint density at radius 1 is 0.857 bits per heavy atom. The topological polar surface area (TPSA) is 107 Å². The van der Waals surface area contributed by atoms with Crippen LogP contribution in [0.4, 0.5) is 5.69 Å². The lowest BCUT2D eigenvalue weighted by Gasteiger charge is -2.37. The molecule has 0 spiro atoms. The Hall–Kier alpha value is -3.85. The first-order valence-corrected chi connectivity index (χ1v) is 14.5. The van der Waals surface area contributed by atoms with Gasteiger partial charge in [-0.2, -0.15) is 0 Å². The molecule has 0 unspecified atom stereocenters. The van der Waals surface area contributed by atoms with E-state index in [4.69, 9.17) is 27.9 Å². The summed E-state index contributed by atoms with van der Waals surface area (Å²) in [5.74, 6) is -0.804. The normalized spacial score (nSPS) is 12.7. The zero-order valence-corrected chi connectivity index (χ0v) is 25.6. The average molecular weight is 612 g/mol. The number of rotatable bonds is 6. The van der Waals surface area contributed by atoms with Crippen molar-refractivity contribution in [1.82, 2.24) is 15.6 Å². The fraction of sp³-hybridized carbons (Fsp3) is 0.281. The molecular weight excluding hydrogens is 575 g/mol. The Balaban J connectivity index is 0.00000158. The second kappa shape index (κ2) is 14.9. The molecule has 10 heteroatoms. The highest BCUT2D eigenvalue weighted by atomic mass is 35.5. The van der Waals surface area contributed by atoms with Gasteiger partial charge in [-0.05, 0) is 36.8 Å². The molecule has 1 aromatic heterocycles. The van der Waals surface area contributed by atoms with Crippen LogP contribution in [0.3, 0.4) is 0 Å². The van der Waals surface area contributed by atoms with Gasteiger partial charge in [0.25, 0.3) is 11.5 Å². The van der Waals surface area contributed by atoms with Crippen molar-refractivity contribution in [3.8, 4) is 0 Å². The highest BCUT2D eigenvalue weighted by Gasteiger charge is 2.30. The fourth-order valence-corrected chi connectivity index (χ4v) is 5.27. The quantitative estimate of drug-likeness (QED) is 0.244. The summed E-state index contributed by atoms with van der Waals surface area (Å²) in [6.45, 7) is 7.87. The standard InChI is InChI=1S/C30H27Cl2N3O4.C2H6.H3N/c1-2-39-30(38)26-27(33-14-16-34(17-15-33)28(36)21-12-13-23(31)24(32)18-21)22-10-6-7-11-25(22)35(29(26)37)19-20-8-4-3-5-9-20;1-2;/h3-13,18H,2,14-17,19H2,1H3;1-2H3;1H3. The van der Waals surface area contributed by atoms with Crippen LogP contribution in [0, 0.1) is 0 Å². The van der Waals surface area contributed by atoms with Gasteiger partial charge in [-0.1, -0.05) is 85.6 Å². The predicted octanol–water partition coefficient (Wildman–Crippen LogP) is 6.68. The number of para-hydroxylation sites is 1. The smallest absolute Gasteiger partial charge is 0.345 e. The third-order valence-corrected chi connectivity index (χ3v) is 7.60. The highest BCUT2D eigenvalue weighted by molar-refractivity contribution is 6.42. The first-order valence-electron chi connectivity index (χ1n) is 13.7. The van der Waals surface area contributed by atoms with Gasteiger partial charge in [0, 0.05) is 37.1 Å². The molecular formula is C32H36Cl2N4O4. The van der Waals surface area contributed by atoms with Gasteiger partial charge in [0.2, 0.25) is 0 Å². The monoisotopic (exact) mass is 610 g/mol. The number of halogens is 2. The van der Waals surface area contributed by atoms with E-state index in [2.05, 4.69) is 0 Å². The molecule has 222 valence electrons. The van der Waals surface area contributed by atoms with E-state index in [1.54, 1.807) is 34.6 Å². The minimum Gasteiger partial charge on any atom is -0.462 e. The maximum atomic E-state index is 13.9. The molecule has 0 bridgehead atoms. The summed E-state index contributed by atoms with van der Waals surface area (Å²) in [6.07, 6.45) is 0. The van der Waals surface area contributed by atoms with Gasteiger partial charge in [-0.15, -0.1) is 0 Å². The van der Waals surface area contributed by atoms with Gasteiger partial charge in [0.15, 0.2) is 0 Å². The maximum absolute atomic E-state index is 13.9. The molecule has 1 aliphatic heterocycles. The minimum atomic E-state index is -0.653. The van der Waals surface area contributed by atoms with Crippen molar-refractivity contribution in [2.24, 2.45) is 0 Å². The number of hydrogen-bond donors (Lipinski definition) is 1. The summed E-state index contributed by atoms with van der Waals surface area (Å²) in [5, 5.41) is 1.49. The largest absolute Gasteiger partial charge is 0.462 e. The van der Waals surface area contributed by atoms with Gasteiger partial charge in [0.1, 0.15) is 5.56 Å². The zero-order valence-electron chi connectivity index (χ0n) is 24.1. The Morgan fingerprint density at radius 2 is 1.50 bits per heavy atom. The van der Waals surface area contributed by atoms with E-state index in [0.717, 1.165) is 16.5 Å². The van der Waals surface area contributed by atoms with Crippen molar-refractivity contribution < 1.29 is 14.3 Å². The van der Waals surface area contributed by atoms with Crippen LogP contribution in [0.2, 0.25) is 10.0 Å². The van der Waals surface area contributed by atoms with Crippen LogP contribution in [0.5, 0.6) is 0 Å². The van der Waals surface area contributed by atoms with Gasteiger partial charge in [0.05, 0.1) is 34.4 Å². The lowest BCUT2D eigenvalue weighted by molar-refractivity contribution is 0.0523. The average Bonchev–Trinajstić information content (AvgIpc) is 3.01. The van der Waals surface area contributed by atoms with Crippen LogP contribution in [0.1, 0.15) is 47.1 Å². The van der Waals surface area contributed by atoms with Crippen molar-refractivity contribution in [3.63, 3.8) is 0 Å².